The predicted molar refractivity (Wildman–Crippen MR) is 159 cm³/mol. The summed E-state index contributed by atoms with van der Waals surface area (Å²) in [6.07, 6.45) is 8.82. The van der Waals surface area contributed by atoms with Gasteiger partial charge in [-0.2, -0.15) is 0 Å². The van der Waals surface area contributed by atoms with Crippen LogP contribution in [0.2, 0.25) is 0 Å². The molecule has 41 heavy (non-hydrogen) atoms. The average Bonchev–Trinajstić information content (AvgIpc) is 3.57. The lowest BCUT2D eigenvalue weighted by atomic mass is 9.85. The first-order valence-corrected chi connectivity index (χ1v) is 14.7. The fraction of sp³-hybridized carbons (Fsp3) is 0.235. The summed E-state index contributed by atoms with van der Waals surface area (Å²) < 4.78 is 5.20. The van der Waals surface area contributed by atoms with Crippen LogP contribution in [0.25, 0.3) is 0 Å². The Balaban J connectivity index is 1.25. The summed E-state index contributed by atoms with van der Waals surface area (Å²) in [5.41, 5.74) is 1.69. The SMILES string of the molecule is O=C(O/N=C(\CCC1CCCCC1)C(=O)c1ccc(Sc2ccc(C(=O)c3ccco3)cc2)cc1)c1ccccc1. The maximum absolute atomic E-state index is 13.5. The third-order valence-electron chi connectivity index (χ3n) is 7.24. The topological polar surface area (TPSA) is 85.9 Å². The number of benzene rings is 3. The van der Waals surface area contributed by atoms with E-state index < -0.39 is 5.97 Å². The Morgan fingerprint density at radius 1 is 0.756 bits per heavy atom. The minimum absolute atomic E-state index is 0.162. The van der Waals surface area contributed by atoms with Crippen LogP contribution in [0.15, 0.2) is 117 Å². The molecule has 0 saturated heterocycles. The van der Waals surface area contributed by atoms with Gasteiger partial charge < -0.3 is 9.25 Å². The van der Waals surface area contributed by atoms with E-state index in [9.17, 15) is 14.4 Å². The summed E-state index contributed by atoms with van der Waals surface area (Å²) in [5.74, 6) is -0.116. The maximum atomic E-state index is 13.5. The van der Waals surface area contributed by atoms with Crippen molar-refractivity contribution in [2.24, 2.45) is 11.1 Å². The van der Waals surface area contributed by atoms with Gasteiger partial charge in [0, 0.05) is 20.9 Å². The number of carbonyl (C=O) groups is 3. The summed E-state index contributed by atoms with van der Waals surface area (Å²) in [7, 11) is 0. The molecule has 1 saturated carbocycles. The van der Waals surface area contributed by atoms with Crippen LogP contribution < -0.4 is 0 Å². The number of furan rings is 1. The van der Waals surface area contributed by atoms with E-state index in [0.29, 0.717) is 34.8 Å². The molecule has 1 heterocycles. The highest BCUT2D eigenvalue weighted by atomic mass is 32.2. The number of nitrogens with zero attached hydrogens (tertiary/aromatic N) is 1. The maximum Gasteiger partial charge on any atom is 0.365 e. The molecule has 0 radical (unpaired) electrons. The molecule has 6 nitrogen and oxygen atoms in total. The van der Waals surface area contributed by atoms with Gasteiger partial charge in [0.1, 0.15) is 5.71 Å². The zero-order chi connectivity index (χ0) is 28.4. The van der Waals surface area contributed by atoms with Crippen molar-refractivity contribution in [2.75, 3.05) is 0 Å². The molecule has 0 bridgehead atoms. The lowest BCUT2D eigenvalue weighted by Gasteiger charge is -2.21. The molecule has 1 aliphatic rings. The number of hydrogen-bond acceptors (Lipinski definition) is 7. The van der Waals surface area contributed by atoms with Crippen LogP contribution >= 0.6 is 11.8 Å². The highest BCUT2D eigenvalue weighted by molar-refractivity contribution is 7.99. The van der Waals surface area contributed by atoms with Crippen LogP contribution in [0.1, 0.15) is 81.8 Å². The molecule has 0 N–H and O–H groups in total. The summed E-state index contributed by atoms with van der Waals surface area (Å²) >= 11 is 1.53. The van der Waals surface area contributed by atoms with Crippen molar-refractivity contribution in [3.63, 3.8) is 0 Å². The second-order valence-electron chi connectivity index (χ2n) is 10.1. The average molecular weight is 566 g/mol. The van der Waals surface area contributed by atoms with Crippen molar-refractivity contribution in [3.05, 3.63) is 120 Å². The highest BCUT2D eigenvalue weighted by Gasteiger charge is 2.20. The van der Waals surface area contributed by atoms with Crippen molar-refractivity contribution in [3.8, 4) is 0 Å². The Morgan fingerprint density at radius 3 is 2.05 bits per heavy atom. The predicted octanol–water partition coefficient (Wildman–Crippen LogP) is 8.42. The molecule has 0 atom stereocenters. The van der Waals surface area contributed by atoms with Crippen molar-refractivity contribution in [1.29, 1.82) is 0 Å². The molecule has 208 valence electrons. The summed E-state index contributed by atoms with van der Waals surface area (Å²) in [6, 6.07) is 26.6. The first-order valence-electron chi connectivity index (χ1n) is 13.9. The number of ketones is 2. The lowest BCUT2D eigenvalue weighted by molar-refractivity contribution is 0.0514. The summed E-state index contributed by atoms with van der Waals surface area (Å²) in [4.78, 5) is 45.5. The van der Waals surface area contributed by atoms with Gasteiger partial charge in [-0.25, -0.2) is 4.79 Å². The molecular weight excluding hydrogens is 534 g/mol. The molecule has 0 unspecified atom stereocenters. The Morgan fingerprint density at radius 2 is 1.41 bits per heavy atom. The van der Waals surface area contributed by atoms with Gasteiger partial charge >= 0.3 is 5.97 Å². The molecular formula is C34H31NO5S. The lowest BCUT2D eigenvalue weighted by Crippen LogP contribution is -2.18. The zero-order valence-electron chi connectivity index (χ0n) is 22.7. The molecule has 3 aromatic carbocycles. The highest BCUT2D eigenvalue weighted by Crippen LogP contribution is 2.30. The molecule has 5 rings (SSSR count). The number of carbonyl (C=O) groups excluding carboxylic acids is 3. The third-order valence-corrected chi connectivity index (χ3v) is 8.25. The van der Waals surface area contributed by atoms with Gasteiger partial charge in [0.15, 0.2) is 5.76 Å². The molecule has 1 aliphatic carbocycles. The van der Waals surface area contributed by atoms with Gasteiger partial charge in [-0.05, 0) is 91.6 Å². The van der Waals surface area contributed by atoms with Crippen molar-refractivity contribution >= 4 is 35.0 Å². The van der Waals surface area contributed by atoms with Crippen molar-refractivity contribution in [1.82, 2.24) is 0 Å². The minimum Gasteiger partial charge on any atom is -0.461 e. The Kier molecular flexibility index (Phi) is 9.60. The van der Waals surface area contributed by atoms with Gasteiger partial charge in [-0.15, -0.1) is 0 Å². The second-order valence-corrected chi connectivity index (χ2v) is 11.3. The van der Waals surface area contributed by atoms with Crippen molar-refractivity contribution < 1.29 is 23.6 Å². The Hall–Kier alpha value is -4.23. The van der Waals surface area contributed by atoms with Gasteiger partial charge in [0.25, 0.3) is 0 Å². The van der Waals surface area contributed by atoms with Crippen LogP contribution in [-0.4, -0.2) is 23.2 Å². The number of oxime groups is 1. The van der Waals surface area contributed by atoms with Gasteiger partial charge in [0.2, 0.25) is 11.6 Å². The van der Waals surface area contributed by atoms with E-state index in [1.54, 1.807) is 60.7 Å². The Bertz CT molecular complexity index is 1490. The Labute approximate surface area is 243 Å². The van der Waals surface area contributed by atoms with Gasteiger partial charge in [-0.3, -0.25) is 9.59 Å². The van der Waals surface area contributed by atoms with Gasteiger partial charge in [0.05, 0.1) is 11.8 Å². The van der Waals surface area contributed by atoms with Crippen LogP contribution in [0.4, 0.5) is 0 Å². The molecule has 1 aromatic heterocycles. The largest absolute Gasteiger partial charge is 0.461 e. The molecule has 0 spiro atoms. The number of hydrogen-bond donors (Lipinski definition) is 0. The molecule has 4 aromatic rings. The number of Topliss-reactive ketones (excluding diaryl/α,β-unsaturated/α-hetero) is 1. The molecule has 0 aliphatic heterocycles. The van der Waals surface area contributed by atoms with E-state index in [2.05, 4.69) is 5.16 Å². The van der Waals surface area contributed by atoms with Gasteiger partial charge in [-0.1, -0.05) is 67.2 Å². The fourth-order valence-corrected chi connectivity index (χ4v) is 5.76. The summed E-state index contributed by atoms with van der Waals surface area (Å²) in [6.45, 7) is 0. The van der Waals surface area contributed by atoms with Crippen LogP contribution in [0.3, 0.4) is 0 Å². The van der Waals surface area contributed by atoms with E-state index in [4.69, 9.17) is 9.25 Å². The van der Waals surface area contributed by atoms with Crippen LogP contribution in [0, 0.1) is 5.92 Å². The quantitative estimate of drug-likeness (QED) is 0.0785. The normalized spacial score (nSPS) is 14.0. The van der Waals surface area contributed by atoms with Crippen LogP contribution in [-0.2, 0) is 4.84 Å². The smallest absolute Gasteiger partial charge is 0.365 e. The summed E-state index contributed by atoms with van der Waals surface area (Å²) in [5, 5.41) is 4.07. The molecule has 1 fully saturated rings. The third kappa shape index (κ3) is 7.70. The first-order chi connectivity index (χ1) is 20.1. The second kappa shape index (κ2) is 13.9. The van der Waals surface area contributed by atoms with Crippen LogP contribution in [0.5, 0.6) is 0 Å². The fourth-order valence-electron chi connectivity index (χ4n) is 4.94. The minimum atomic E-state index is -0.586. The molecule has 7 heteroatoms. The number of rotatable bonds is 11. The van der Waals surface area contributed by atoms with Crippen molar-refractivity contribution in [2.45, 2.75) is 54.7 Å². The zero-order valence-corrected chi connectivity index (χ0v) is 23.5. The van der Waals surface area contributed by atoms with E-state index in [1.165, 1.54) is 37.3 Å². The van der Waals surface area contributed by atoms with E-state index in [-0.39, 0.29) is 17.3 Å². The monoisotopic (exact) mass is 565 g/mol. The molecule has 0 amide bonds. The van der Waals surface area contributed by atoms with E-state index in [1.807, 2.05) is 30.3 Å². The first kappa shape index (κ1) is 28.3. The van der Waals surface area contributed by atoms with E-state index in [0.717, 1.165) is 29.1 Å². The standard InChI is InChI=1S/C34H31NO5S/c36-32(30(22-13-24-8-3-1-4-9-24)35-40-34(38)27-10-5-2-6-11-27)25-14-18-28(19-15-25)41-29-20-16-26(17-21-29)33(37)31-12-7-23-39-31/h2,5-7,10-12,14-21,23-24H,1,3-4,8-9,13,22H2/b35-30+. The van der Waals surface area contributed by atoms with E-state index >= 15 is 0 Å².